The van der Waals surface area contributed by atoms with Gasteiger partial charge in [0.15, 0.2) is 0 Å². The molecule has 1 unspecified atom stereocenters. The Morgan fingerprint density at radius 2 is 1.73 bits per heavy atom. The minimum absolute atomic E-state index is 0.217. The maximum atomic E-state index is 12.2. The third kappa shape index (κ3) is 2.20. The molecule has 0 fully saturated rings. The fourth-order valence-electron chi connectivity index (χ4n) is 2.59. The van der Waals surface area contributed by atoms with E-state index in [-0.39, 0.29) is 5.71 Å². The van der Waals surface area contributed by atoms with Gasteiger partial charge in [-0.25, -0.2) is 4.99 Å². The number of rotatable bonds is 2. The number of ketones is 1. The monoisotopic (exact) mass is 294 g/mol. The van der Waals surface area contributed by atoms with E-state index in [2.05, 4.69) is 4.99 Å². The highest BCUT2D eigenvalue weighted by molar-refractivity contribution is 6.30. The normalized spacial score (nSPS) is 18.5. The number of hydrogen-bond donors (Lipinski definition) is 0. The molecule has 3 rings (SSSR count). The molecule has 1 aliphatic rings. The summed E-state index contributed by atoms with van der Waals surface area (Å²) in [5.74, 6) is -0.497. The molecule has 0 radical (unpaired) electrons. The van der Waals surface area contributed by atoms with Crippen molar-refractivity contribution >= 4 is 17.2 Å². The summed E-state index contributed by atoms with van der Waals surface area (Å²) >= 11 is 0. The van der Waals surface area contributed by atoms with E-state index in [1.165, 1.54) is 0 Å². The molecule has 0 aromatic heterocycles. The number of fused-ring (bicyclic) bond motifs is 1. The van der Waals surface area contributed by atoms with E-state index in [0.29, 0.717) is 16.8 Å². The van der Waals surface area contributed by atoms with Crippen LogP contribution in [0.1, 0.15) is 27.0 Å². The minimum atomic E-state index is -1.42. The van der Waals surface area contributed by atoms with Crippen molar-refractivity contribution in [1.29, 1.82) is 0 Å². The van der Waals surface area contributed by atoms with Crippen LogP contribution >= 0.6 is 0 Å². The highest BCUT2D eigenvalue weighted by Gasteiger charge is 2.45. The molecule has 2 aromatic rings. The van der Waals surface area contributed by atoms with Crippen LogP contribution in [0.2, 0.25) is 0 Å². The molecule has 0 heterocycles. The second-order valence-electron chi connectivity index (χ2n) is 5.36. The lowest BCUT2D eigenvalue weighted by atomic mass is 10.1. The predicted molar refractivity (Wildman–Crippen MR) is 83.7 cm³/mol. The number of carbonyl (C=O) groups excluding carboxylic acids is 1. The van der Waals surface area contributed by atoms with Gasteiger partial charge in [0.1, 0.15) is 5.71 Å². The van der Waals surface area contributed by atoms with Crippen LogP contribution in [0.5, 0.6) is 0 Å². The second kappa shape index (κ2) is 5.18. The van der Waals surface area contributed by atoms with Crippen molar-refractivity contribution in [2.24, 2.45) is 4.99 Å². The van der Waals surface area contributed by atoms with E-state index in [0.717, 1.165) is 11.1 Å². The van der Waals surface area contributed by atoms with Gasteiger partial charge < -0.3 is 0 Å². The standard InChI is InChI=1S/C17H14N2O3/c1-10-7-8-12(9-11(10)2)18-15-13-5-3-4-6-14(13)17(20)16(15)19(21)22/h3-9,16H,1-2H3. The average Bonchev–Trinajstić information content (AvgIpc) is 2.76. The Morgan fingerprint density at radius 3 is 2.36 bits per heavy atom. The molecule has 0 bridgehead atoms. The zero-order valence-corrected chi connectivity index (χ0v) is 12.2. The Hall–Kier alpha value is -2.82. The molecule has 0 N–H and O–H groups in total. The molecule has 0 amide bonds. The first-order valence-corrected chi connectivity index (χ1v) is 6.92. The van der Waals surface area contributed by atoms with Gasteiger partial charge in [0.25, 0.3) is 0 Å². The first-order valence-electron chi connectivity index (χ1n) is 6.92. The van der Waals surface area contributed by atoms with Gasteiger partial charge in [-0.1, -0.05) is 30.3 Å². The highest BCUT2D eigenvalue weighted by atomic mass is 16.6. The van der Waals surface area contributed by atoms with Crippen LogP contribution in [0.25, 0.3) is 0 Å². The molecule has 1 atom stereocenters. The van der Waals surface area contributed by atoms with Crippen LogP contribution in [0, 0.1) is 24.0 Å². The summed E-state index contributed by atoms with van der Waals surface area (Å²) in [7, 11) is 0. The van der Waals surface area contributed by atoms with E-state index in [1.54, 1.807) is 30.3 Å². The van der Waals surface area contributed by atoms with Gasteiger partial charge >= 0.3 is 6.04 Å². The SMILES string of the molecule is Cc1ccc(N=C2c3ccccc3C(=O)C2[N+](=O)[O-])cc1C. The van der Waals surface area contributed by atoms with E-state index < -0.39 is 16.7 Å². The average molecular weight is 294 g/mol. The molecule has 0 saturated carbocycles. The highest BCUT2D eigenvalue weighted by Crippen LogP contribution is 2.28. The Kier molecular flexibility index (Phi) is 3.33. The molecule has 2 aromatic carbocycles. The Morgan fingerprint density at radius 1 is 1.05 bits per heavy atom. The topological polar surface area (TPSA) is 72.6 Å². The summed E-state index contributed by atoms with van der Waals surface area (Å²) in [6, 6.07) is 10.9. The lowest BCUT2D eigenvalue weighted by Gasteiger charge is -2.05. The summed E-state index contributed by atoms with van der Waals surface area (Å²) in [5, 5.41) is 11.3. The zero-order valence-electron chi connectivity index (χ0n) is 12.2. The maximum absolute atomic E-state index is 12.2. The van der Waals surface area contributed by atoms with Gasteiger partial charge in [0, 0.05) is 16.1 Å². The van der Waals surface area contributed by atoms with Crippen LogP contribution < -0.4 is 0 Å². The molecule has 0 saturated heterocycles. The van der Waals surface area contributed by atoms with Crippen molar-refractivity contribution in [3.63, 3.8) is 0 Å². The molecule has 0 aliphatic heterocycles. The lowest BCUT2D eigenvalue weighted by Crippen LogP contribution is -2.31. The van der Waals surface area contributed by atoms with Crippen LogP contribution in [0.3, 0.4) is 0 Å². The molecule has 5 heteroatoms. The van der Waals surface area contributed by atoms with Gasteiger partial charge in [-0.15, -0.1) is 0 Å². The number of nitro groups is 1. The van der Waals surface area contributed by atoms with E-state index in [1.807, 2.05) is 26.0 Å². The number of nitrogens with zero attached hydrogens (tertiary/aromatic N) is 2. The van der Waals surface area contributed by atoms with Crippen molar-refractivity contribution in [3.05, 3.63) is 74.8 Å². The Balaban J connectivity index is 2.17. The van der Waals surface area contributed by atoms with Gasteiger partial charge in [-0.2, -0.15) is 0 Å². The van der Waals surface area contributed by atoms with Crippen molar-refractivity contribution in [2.75, 3.05) is 0 Å². The largest absolute Gasteiger partial charge is 0.316 e. The molecular formula is C17H14N2O3. The summed E-state index contributed by atoms with van der Waals surface area (Å²) in [6.45, 7) is 3.94. The van der Waals surface area contributed by atoms with Crippen LogP contribution in [0.4, 0.5) is 5.69 Å². The van der Waals surface area contributed by atoms with Gasteiger partial charge in [0.2, 0.25) is 5.78 Å². The van der Waals surface area contributed by atoms with E-state index in [4.69, 9.17) is 0 Å². The van der Waals surface area contributed by atoms with Crippen molar-refractivity contribution in [1.82, 2.24) is 0 Å². The number of carbonyl (C=O) groups is 1. The smallest absolute Gasteiger partial charge is 0.286 e. The van der Waals surface area contributed by atoms with Gasteiger partial charge in [-0.05, 0) is 37.1 Å². The van der Waals surface area contributed by atoms with E-state index >= 15 is 0 Å². The molecular weight excluding hydrogens is 280 g/mol. The number of benzene rings is 2. The van der Waals surface area contributed by atoms with Crippen molar-refractivity contribution in [2.45, 2.75) is 19.9 Å². The minimum Gasteiger partial charge on any atom is -0.286 e. The fraction of sp³-hybridized carbons (Fsp3) is 0.176. The molecule has 110 valence electrons. The quantitative estimate of drug-likeness (QED) is 0.630. The third-order valence-corrected chi connectivity index (χ3v) is 3.93. The second-order valence-corrected chi connectivity index (χ2v) is 5.36. The van der Waals surface area contributed by atoms with Crippen LogP contribution in [-0.2, 0) is 0 Å². The van der Waals surface area contributed by atoms with Gasteiger partial charge in [0.05, 0.1) is 5.69 Å². The Labute approximate surface area is 127 Å². The first-order chi connectivity index (χ1) is 10.5. The number of aryl methyl sites for hydroxylation is 2. The fourth-order valence-corrected chi connectivity index (χ4v) is 2.59. The lowest BCUT2D eigenvalue weighted by molar-refractivity contribution is -0.485. The number of hydrogen-bond acceptors (Lipinski definition) is 4. The summed E-state index contributed by atoms with van der Waals surface area (Å²) in [4.78, 5) is 27.4. The van der Waals surface area contributed by atoms with E-state index in [9.17, 15) is 14.9 Å². The number of Topliss-reactive ketones (excluding diaryl/α,β-unsaturated/α-hetero) is 1. The molecule has 5 nitrogen and oxygen atoms in total. The zero-order chi connectivity index (χ0) is 15.9. The van der Waals surface area contributed by atoms with Crippen LogP contribution in [0.15, 0.2) is 47.5 Å². The summed E-state index contributed by atoms with van der Waals surface area (Å²) in [6.07, 6.45) is 0. The molecule has 22 heavy (non-hydrogen) atoms. The van der Waals surface area contributed by atoms with Crippen molar-refractivity contribution < 1.29 is 9.72 Å². The number of aliphatic imine (C=N–C) groups is 1. The Bertz CT molecular complexity index is 824. The maximum Gasteiger partial charge on any atom is 0.316 e. The van der Waals surface area contributed by atoms with Gasteiger partial charge in [-0.3, -0.25) is 14.9 Å². The first kappa shape index (κ1) is 14.1. The summed E-state index contributed by atoms with van der Waals surface area (Å²) in [5.41, 5.74) is 3.93. The predicted octanol–water partition coefficient (Wildman–Crippen LogP) is 3.27. The van der Waals surface area contributed by atoms with Crippen LogP contribution in [-0.4, -0.2) is 22.5 Å². The third-order valence-electron chi connectivity index (χ3n) is 3.93. The molecule has 0 spiro atoms. The molecule has 1 aliphatic carbocycles. The summed E-state index contributed by atoms with van der Waals surface area (Å²) < 4.78 is 0. The van der Waals surface area contributed by atoms with Crippen molar-refractivity contribution in [3.8, 4) is 0 Å².